The zero-order valence-corrected chi connectivity index (χ0v) is 10.9. The second-order valence-electron chi connectivity index (χ2n) is 4.39. The molecule has 0 aromatic heterocycles. The lowest BCUT2D eigenvalue weighted by Gasteiger charge is -2.22. The summed E-state index contributed by atoms with van der Waals surface area (Å²) in [5.41, 5.74) is 4.68. The van der Waals surface area contributed by atoms with Crippen LogP contribution in [0, 0.1) is 0 Å². The van der Waals surface area contributed by atoms with Gasteiger partial charge in [-0.3, -0.25) is 4.21 Å². The highest BCUT2D eigenvalue weighted by atomic mass is 32.2. The fourth-order valence-corrected chi connectivity index (χ4v) is 3.42. The van der Waals surface area contributed by atoms with E-state index in [1.54, 1.807) is 0 Å². The van der Waals surface area contributed by atoms with Gasteiger partial charge in [0.2, 0.25) is 0 Å². The lowest BCUT2D eigenvalue weighted by atomic mass is 10.2. The summed E-state index contributed by atoms with van der Waals surface area (Å²) in [6.45, 7) is 0.989. The molecule has 2 atom stereocenters. The molecule has 0 radical (unpaired) electrons. The highest BCUT2D eigenvalue weighted by Crippen LogP contribution is 2.33. The van der Waals surface area contributed by atoms with E-state index in [1.165, 1.54) is 6.07 Å². The van der Waals surface area contributed by atoms with Crippen molar-refractivity contribution in [3.8, 4) is 0 Å². The molecule has 0 aliphatic carbocycles. The molecule has 19 heavy (non-hydrogen) atoms. The SMILES string of the molecule is Nc1cc(C(F)(F)F)ccc1S(=O)C1CCCOC1. The summed E-state index contributed by atoms with van der Waals surface area (Å²) in [6.07, 6.45) is -2.91. The molecule has 2 rings (SSSR count). The van der Waals surface area contributed by atoms with Gasteiger partial charge in [0.05, 0.1) is 33.1 Å². The fraction of sp³-hybridized carbons (Fsp3) is 0.500. The van der Waals surface area contributed by atoms with Gasteiger partial charge in [-0.25, -0.2) is 0 Å². The van der Waals surface area contributed by atoms with Gasteiger partial charge in [-0.1, -0.05) is 0 Å². The summed E-state index contributed by atoms with van der Waals surface area (Å²) in [5.74, 6) is 0. The van der Waals surface area contributed by atoms with Gasteiger partial charge < -0.3 is 10.5 Å². The Morgan fingerprint density at radius 1 is 1.37 bits per heavy atom. The summed E-state index contributed by atoms with van der Waals surface area (Å²) >= 11 is 0. The maximum Gasteiger partial charge on any atom is 0.416 e. The molecule has 0 bridgehead atoms. The molecule has 1 aliphatic rings. The summed E-state index contributed by atoms with van der Waals surface area (Å²) in [6, 6.07) is 2.94. The lowest BCUT2D eigenvalue weighted by Crippen LogP contribution is -2.27. The Kier molecular flexibility index (Phi) is 4.15. The molecule has 106 valence electrons. The van der Waals surface area contributed by atoms with Crippen molar-refractivity contribution in [1.82, 2.24) is 0 Å². The average molecular weight is 293 g/mol. The van der Waals surface area contributed by atoms with E-state index in [4.69, 9.17) is 10.5 Å². The molecule has 0 saturated carbocycles. The van der Waals surface area contributed by atoms with Crippen LogP contribution in [-0.2, 0) is 21.7 Å². The molecule has 0 amide bonds. The Morgan fingerprint density at radius 2 is 2.11 bits per heavy atom. The van der Waals surface area contributed by atoms with Gasteiger partial charge in [-0.15, -0.1) is 0 Å². The number of hydrogen-bond donors (Lipinski definition) is 1. The minimum atomic E-state index is -4.44. The third-order valence-corrected chi connectivity index (χ3v) is 4.76. The van der Waals surface area contributed by atoms with Crippen LogP contribution in [0.2, 0.25) is 0 Å². The summed E-state index contributed by atoms with van der Waals surface area (Å²) in [4.78, 5) is 0.253. The first kappa shape index (κ1) is 14.3. The van der Waals surface area contributed by atoms with E-state index in [0.29, 0.717) is 13.2 Å². The van der Waals surface area contributed by atoms with Crippen LogP contribution in [-0.4, -0.2) is 22.7 Å². The molecule has 1 saturated heterocycles. The molecule has 2 unspecified atom stereocenters. The predicted octanol–water partition coefficient (Wildman–Crippen LogP) is 2.57. The quantitative estimate of drug-likeness (QED) is 0.853. The lowest BCUT2D eigenvalue weighted by molar-refractivity contribution is -0.137. The summed E-state index contributed by atoms with van der Waals surface area (Å²) in [7, 11) is -1.43. The number of hydrogen-bond acceptors (Lipinski definition) is 3. The van der Waals surface area contributed by atoms with Crippen molar-refractivity contribution in [3.05, 3.63) is 23.8 Å². The smallest absolute Gasteiger partial charge is 0.398 e. The van der Waals surface area contributed by atoms with Crippen molar-refractivity contribution in [2.45, 2.75) is 29.2 Å². The monoisotopic (exact) mass is 293 g/mol. The first-order chi connectivity index (χ1) is 8.89. The van der Waals surface area contributed by atoms with Crippen LogP contribution in [0.15, 0.2) is 23.1 Å². The molecule has 7 heteroatoms. The van der Waals surface area contributed by atoms with Gasteiger partial charge in [0, 0.05) is 12.3 Å². The van der Waals surface area contributed by atoms with Crippen molar-refractivity contribution in [1.29, 1.82) is 0 Å². The molecular weight excluding hydrogens is 279 g/mol. The minimum Gasteiger partial charge on any atom is -0.398 e. The zero-order chi connectivity index (χ0) is 14.0. The largest absolute Gasteiger partial charge is 0.416 e. The standard InChI is InChI=1S/C12H14F3NO2S/c13-12(14,15)8-3-4-11(10(16)6-8)19(17)9-2-1-5-18-7-9/h3-4,6,9H,1-2,5,7,16H2. The number of alkyl halides is 3. The Hall–Kier alpha value is -1.08. The van der Waals surface area contributed by atoms with E-state index in [0.717, 1.165) is 25.0 Å². The molecule has 1 aromatic rings. The van der Waals surface area contributed by atoms with Crippen LogP contribution in [0.25, 0.3) is 0 Å². The maximum absolute atomic E-state index is 12.5. The minimum absolute atomic E-state index is 0.0845. The van der Waals surface area contributed by atoms with Crippen LogP contribution in [0.5, 0.6) is 0 Å². The van der Waals surface area contributed by atoms with Crippen molar-refractivity contribution in [3.63, 3.8) is 0 Å². The third-order valence-electron chi connectivity index (χ3n) is 2.98. The molecule has 1 aromatic carbocycles. The van der Waals surface area contributed by atoms with Gasteiger partial charge in [0.15, 0.2) is 0 Å². The van der Waals surface area contributed by atoms with E-state index in [9.17, 15) is 17.4 Å². The summed E-state index contributed by atoms with van der Waals surface area (Å²) in [5, 5.41) is -0.201. The number of benzene rings is 1. The topological polar surface area (TPSA) is 52.3 Å². The molecule has 1 fully saturated rings. The number of nitrogens with two attached hydrogens (primary N) is 1. The number of rotatable bonds is 2. The number of halogens is 3. The molecular formula is C12H14F3NO2S. The Balaban J connectivity index is 2.23. The molecule has 2 N–H and O–H groups in total. The number of anilines is 1. The second-order valence-corrected chi connectivity index (χ2v) is 6.09. The van der Waals surface area contributed by atoms with Crippen molar-refractivity contribution < 1.29 is 22.1 Å². The van der Waals surface area contributed by atoms with E-state index >= 15 is 0 Å². The third kappa shape index (κ3) is 3.27. The first-order valence-electron chi connectivity index (χ1n) is 5.84. The van der Waals surface area contributed by atoms with Crippen LogP contribution in [0.1, 0.15) is 18.4 Å². The van der Waals surface area contributed by atoms with Gasteiger partial charge in [0.1, 0.15) is 0 Å². The van der Waals surface area contributed by atoms with Gasteiger partial charge in [0.25, 0.3) is 0 Å². The van der Waals surface area contributed by atoms with Crippen molar-refractivity contribution >= 4 is 16.5 Å². The first-order valence-corrected chi connectivity index (χ1v) is 7.06. The highest BCUT2D eigenvalue weighted by molar-refractivity contribution is 7.85. The van der Waals surface area contributed by atoms with Crippen LogP contribution >= 0.6 is 0 Å². The zero-order valence-electron chi connectivity index (χ0n) is 10.1. The van der Waals surface area contributed by atoms with Gasteiger partial charge in [-0.05, 0) is 31.0 Å². The average Bonchev–Trinajstić information content (AvgIpc) is 2.38. The van der Waals surface area contributed by atoms with E-state index in [1.807, 2.05) is 0 Å². The van der Waals surface area contributed by atoms with Crippen molar-refractivity contribution in [2.75, 3.05) is 18.9 Å². The van der Waals surface area contributed by atoms with Crippen LogP contribution in [0.3, 0.4) is 0 Å². The van der Waals surface area contributed by atoms with E-state index in [-0.39, 0.29) is 15.8 Å². The molecule has 1 aliphatic heterocycles. The normalized spacial score (nSPS) is 22.2. The van der Waals surface area contributed by atoms with E-state index in [2.05, 4.69) is 0 Å². The Morgan fingerprint density at radius 3 is 2.63 bits per heavy atom. The Bertz CT molecular complexity index is 484. The second kappa shape index (κ2) is 5.50. The van der Waals surface area contributed by atoms with Gasteiger partial charge >= 0.3 is 6.18 Å². The summed E-state index contributed by atoms with van der Waals surface area (Å²) < 4.78 is 55.0. The fourth-order valence-electron chi connectivity index (χ4n) is 1.97. The number of ether oxygens (including phenoxy) is 1. The predicted molar refractivity (Wildman–Crippen MR) is 66.1 cm³/mol. The van der Waals surface area contributed by atoms with Crippen LogP contribution in [0.4, 0.5) is 18.9 Å². The molecule has 0 spiro atoms. The molecule has 1 heterocycles. The Labute approximate surface area is 111 Å². The van der Waals surface area contributed by atoms with Crippen molar-refractivity contribution in [2.24, 2.45) is 0 Å². The van der Waals surface area contributed by atoms with E-state index < -0.39 is 22.5 Å². The number of nitrogen functional groups attached to an aromatic ring is 1. The molecule has 3 nitrogen and oxygen atoms in total. The maximum atomic E-state index is 12.5. The van der Waals surface area contributed by atoms with Crippen LogP contribution < -0.4 is 5.73 Å². The van der Waals surface area contributed by atoms with Gasteiger partial charge in [-0.2, -0.15) is 13.2 Å². The highest BCUT2D eigenvalue weighted by Gasteiger charge is 2.32.